The van der Waals surface area contributed by atoms with Crippen molar-refractivity contribution in [2.75, 3.05) is 7.11 Å². The summed E-state index contributed by atoms with van der Waals surface area (Å²) >= 11 is 0. The standard InChI is InChI=1S/C10H6F6O3/c1-18-8(17)19-7-5(9(11,12)13)3-2-4-6(7)10(14,15)16/h2-4H,1H3. The molecule has 0 aliphatic rings. The number of rotatable bonds is 1. The third kappa shape index (κ3) is 3.52. The van der Waals surface area contributed by atoms with Crippen LogP contribution >= 0.6 is 0 Å². The van der Waals surface area contributed by atoms with Crippen LogP contribution in [0.15, 0.2) is 18.2 Å². The summed E-state index contributed by atoms with van der Waals surface area (Å²) in [5.41, 5.74) is -3.43. The van der Waals surface area contributed by atoms with Crippen LogP contribution in [0.1, 0.15) is 11.1 Å². The topological polar surface area (TPSA) is 35.5 Å². The number of halogens is 6. The number of para-hydroxylation sites is 1. The third-order valence-electron chi connectivity index (χ3n) is 1.98. The van der Waals surface area contributed by atoms with E-state index in [0.717, 1.165) is 7.11 Å². The predicted molar refractivity (Wildman–Crippen MR) is 49.5 cm³/mol. The van der Waals surface area contributed by atoms with Gasteiger partial charge in [0.2, 0.25) is 0 Å². The fourth-order valence-electron chi connectivity index (χ4n) is 1.22. The van der Waals surface area contributed by atoms with Crippen molar-refractivity contribution in [1.29, 1.82) is 0 Å². The van der Waals surface area contributed by atoms with Gasteiger partial charge in [0.15, 0.2) is 5.75 Å². The number of methoxy groups -OCH3 is 1. The first-order chi connectivity index (χ1) is 8.57. The van der Waals surface area contributed by atoms with Crippen LogP contribution in [0.3, 0.4) is 0 Å². The van der Waals surface area contributed by atoms with E-state index >= 15 is 0 Å². The van der Waals surface area contributed by atoms with Gasteiger partial charge in [0.05, 0.1) is 18.2 Å². The van der Waals surface area contributed by atoms with Gasteiger partial charge in [-0.25, -0.2) is 4.79 Å². The Labute approximate surface area is 102 Å². The number of ether oxygens (including phenoxy) is 2. The first-order valence-corrected chi connectivity index (χ1v) is 4.60. The van der Waals surface area contributed by atoms with Gasteiger partial charge >= 0.3 is 18.5 Å². The second-order valence-corrected chi connectivity index (χ2v) is 3.23. The Morgan fingerprint density at radius 3 is 1.74 bits per heavy atom. The van der Waals surface area contributed by atoms with Crippen molar-refractivity contribution in [3.8, 4) is 5.75 Å². The van der Waals surface area contributed by atoms with Crippen molar-refractivity contribution in [3.63, 3.8) is 0 Å². The molecule has 0 fully saturated rings. The van der Waals surface area contributed by atoms with Crippen LogP contribution in [0.4, 0.5) is 31.1 Å². The van der Waals surface area contributed by atoms with Crippen molar-refractivity contribution in [2.24, 2.45) is 0 Å². The molecule has 0 bridgehead atoms. The van der Waals surface area contributed by atoms with Gasteiger partial charge in [0.25, 0.3) is 0 Å². The normalized spacial score (nSPS) is 12.2. The molecule has 0 atom stereocenters. The molecule has 0 spiro atoms. The monoisotopic (exact) mass is 288 g/mol. The van der Waals surface area contributed by atoms with Crippen LogP contribution in [0.25, 0.3) is 0 Å². The van der Waals surface area contributed by atoms with E-state index in [1.165, 1.54) is 0 Å². The summed E-state index contributed by atoms with van der Waals surface area (Å²) in [5.74, 6) is -1.63. The van der Waals surface area contributed by atoms with Crippen molar-refractivity contribution in [1.82, 2.24) is 0 Å². The lowest BCUT2D eigenvalue weighted by Crippen LogP contribution is -2.18. The predicted octanol–water partition coefficient (Wildman–Crippen LogP) is 3.87. The molecule has 0 amide bonds. The summed E-state index contributed by atoms with van der Waals surface area (Å²) in [7, 11) is 0.756. The second-order valence-electron chi connectivity index (χ2n) is 3.23. The fourth-order valence-corrected chi connectivity index (χ4v) is 1.22. The maximum absolute atomic E-state index is 12.6. The molecule has 0 aliphatic heterocycles. The van der Waals surface area contributed by atoms with Crippen LogP contribution in [-0.2, 0) is 17.1 Å². The minimum atomic E-state index is -5.11. The first kappa shape index (κ1) is 15.1. The minimum Gasteiger partial charge on any atom is -0.437 e. The molecule has 0 heterocycles. The van der Waals surface area contributed by atoms with Crippen LogP contribution in [0.5, 0.6) is 5.75 Å². The molecule has 0 radical (unpaired) electrons. The Morgan fingerprint density at radius 2 is 1.42 bits per heavy atom. The highest BCUT2D eigenvalue weighted by Gasteiger charge is 2.42. The Bertz CT molecular complexity index is 445. The Balaban J connectivity index is 3.45. The van der Waals surface area contributed by atoms with E-state index < -0.39 is 35.4 Å². The summed E-state index contributed by atoms with van der Waals surface area (Å²) in [5, 5.41) is 0. The first-order valence-electron chi connectivity index (χ1n) is 4.60. The molecule has 0 N–H and O–H groups in total. The molecule has 19 heavy (non-hydrogen) atoms. The number of carbonyl (C=O) groups is 1. The summed E-state index contributed by atoms with van der Waals surface area (Å²) in [6.45, 7) is 0. The SMILES string of the molecule is COC(=O)Oc1c(C(F)(F)F)cccc1C(F)(F)F. The fraction of sp³-hybridized carbons (Fsp3) is 0.300. The van der Waals surface area contributed by atoms with Crippen LogP contribution in [0.2, 0.25) is 0 Å². The molecule has 0 aliphatic carbocycles. The van der Waals surface area contributed by atoms with Crippen LogP contribution < -0.4 is 4.74 Å². The van der Waals surface area contributed by atoms with Gasteiger partial charge in [-0.05, 0) is 12.1 Å². The lowest BCUT2D eigenvalue weighted by atomic mass is 10.1. The molecule has 3 nitrogen and oxygen atoms in total. The molecule has 1 aromatic carbocycles. The van der Waals surface area contributed by atoms with Gasteiger partial charge in [-0.2, -0.15) is 26.3 Å². The Hall–Kier alpha value is -1.93. The molecular weight excluding hydrogens is 282 g/mol. The zero-order valence-corrected chi connectivity index (χ0v) is 9.22. The van der Waals surface area contributed by atoms with Crippen molar-refractivity contribution < 1.29 is 40.6 Å². The number of hydrogen-bond acceptors (Lipinski definition) is 3. The molecule has 0 unspecified atom stereocenters. The van der Waals surface area contributed by atoms with E-state index in [2.05, 4.69) is 9.47 Å². The summed E-state index contributed by atoms with van der Waals surface area (Å²) in [6, 6.07) is 1.30. The molecule has 106 valence electrons. The number of carbonyl (C=O) groups excluding carboxylic acids is 1. The van der Waals surface area contributed by atoms with Gasteiger partial charge in [-0.15, -0.1) is 0 Å². The second kappa shape index (κ2) is 4.98. The maximum atomic E-state index is 12.6. The van der Waals surface area contributed by atoms with Crippen LogP contribution in [0, 0.1) is 0 Å². The third-order valence-corrected chi connectivity index (χ3v) is 1.98. The van der Waals surface area contributed by atoms with Gasteiger partial charge in [-0.3, -0.25) is 0 Å². The molecule has 0 saturated carbocycles. The smallest absolute Gasteiger partial charge is 0.437 e. The highest BCUT2D eigenvalue weighted by molar-refractivity contribution is 5.65. The lowest BCUT2D eigenvalue weighted by molar-refractivity contribution is -0.145. The Kier molecular flexibility index (Phi) is 3.97. The summed E-state index contributed by atoms with van der Waals surface area (Å²) in [4.78, 5) is 10.8. The van der Waals surface area contributed by atoms with Gasteiger partial charge in [-0.1, -0.05) is 6.07 Å². The van der Waals surface area contributed by atoms with E-state index in [0.29, 0.717) is 18.2 Å². The van der Waals surface area contributed by atoms with Crippen LogP contribution in [-0.4, -0.2) is 13.3 Å². The van der Waals surface area contributed by atoms with E-state index in [-0.39, 0.29) is 0 Å². The number of benzene rings is 1. The van der Waals surface area contributed by atoms with Gasteiger partial charge < -0.3 is 9.47 Å². The molecule has 0 saturated heterocycles. The number of hydrogen-bond donors (Lipinski definition) is 0. The molecule has 0 aromatic heterocycles. The molecule has 1 aromatic rings. The van der Waals surface area contributed by atoms with Gasteiger partial charge in [0.1, 0.15) is 0 Å². The quantitative estimate of drug-likeness (QED) is 0.447. The lowest BCUT2D eigenvalue weighted by Gasteiger charge is -2.17. The molecule has 9 heteroatoms. The highest BCUT2D eigenvalue weighted by Crippen LogP contribution is 2.44. The average molecular weight is 288 g/mol. The van der Waals surface area contributed by atoms with Gasteiger partial charge in [0, 0.05) is 0 Å². The molecular formula is C10H6F6O3. The van der Waals surface area contributed by atoms with E-state index in [9.17, 15) is 31.1 Å². The summed E-state index contributed by atoms with van der Waals surface area (Å²) in [6.07, 6.45) is -11.9. The van der Waals surface area contributed by atoms with Crippen molar-refractivity contribution in [3.05, 3.63) is 29.3 Å². The largest absolute Gasteiger partial charge is 0.513 e. The van der Waals surface area contributed by atoms with Crippen molar-refractivity contribution >= 4 is 6.16 Å². The number of alkyl halides is 6. The zero-order chi connectivity index (χ0) is 14.8. The average Bonchev–Trinajstić information content (AvgIpc) is 2.26. The molecule has 1 rings (SSSR count). The highest BCUT2D eigenvalue weighted by atomic mass is 19.4. The summed E-state index contributed by atoms with van der Waals surface area (Å²) < 4.78 is 83.3. The Morgan fingerprint density at radius 1 is 1.00 bits per heavy atom. The van der Waals surface area contributed by atoms with Crippen molar-refractivity contribution in [2.45, 2.75) is 12.4 Å². The van der Waals surface area contributed by atoms with E-state index in [1.54, 1.807) is 0 Å². The zero-order valence-electron chi connectivity index (χ0n) is 9.22. The maximum Gasteiger partial charge on any atom is 0.513 e. The van der Waals surface area contributed by atoms with E-state index in [1.807, 2.05) is 0 Å². The van der Waals surface area contributed by atoms with E-state index in [4.69, 9.17) is 0 Å². The minimum absolute atomic E-state index is 0.369.